The van der Waals surface area contributed by atoms with Crippen LogP contribution in [0.5, 0.6) is 0 Å². The van der Waals surface area contributed by atoms with E-state index in [1.165, 1.54) is 24.0 Å². The molecule has 1 N–H and O–H groups in total. The lowest BCUT2D eigenvalue weighted by Gasteiger charge is -2.21. The number of hydrogen-bond donors (Lipinski definition) is 1. The third kappa shape index (κ3) is 3.11. The van der Waals surface area contributed by atoms with Crippen LogP contribution in [0, 0.1) is 12.8 Å². The summed E-state index contributed by atoms with van der Waals surface area (Å²) in [5, 5.41) is 5.16. The van der Waals surface area contributed by atoms with Gasteiger partial charge in [-0.25, -0.2) is 0 Å². The number of halogens is 2. The quantitative estimate of drug-likeness (QED) is 0.745. The van der Waals surface area contributed by atoms with E-state index in [9.17, 15) is 0 Å². The molecule has 1 fully saturated rings. The molecule has 0 aliphatic heterocycles. The van der Waals surface area contributed by atoms with E-state index in [2.05, 4.69) is 30.4 Å². The Balaban J connectivity index is 1.88. The van der Waals surface area contributed by atoms with Crippen molar-refractivity contribution < 1.29 is 0 Å². The predicted octanol–water partition coefficient (Wildman–Crippen LogP) is 5.87. The van der Waals surface area contributed by atoms with Crippen LogP contribution in [0.25, 0.3) is 0 Å². The van der Waals surface area contributed by atoms with Gasteiger partial charge in [0.05, 0.1) is 16.8 Å². The van der Waals surface area contributed by atoms with Gasteiger partial charge in [0.15, 0.2) is 0 Å². The van der Waals surface area contributed by atoms with Gasteiger partial charge in [-0.15, -0.1) is 0 Å². The van der Waals surface area contributed by atoms with E-state index in [0.717, 1.165) is 15.7 Å². The molecule has 0 radical (unpaired) electrons. The molecule has 104 valence electrons. The number of hydrogen-bond acceptors (Lipinski definition) is 1. The maximum atomic E-state index is 6.29. The topological polar surface area (TPSA) is 12.0 Å². The second-order valence-electron chi connectivity index (χ2n) is 5.49. The average molecular weight is 306 g/mol. The van der Waals surface area contributed by atoms with Crippen molar-refractivity contribution in [2.24, 2.45) is 5.92 Å². The lowest BCUT2D eigenvalue weighted by atomic mass is 10.0. The minimum atomic E-state index is 0.312. The van der Waals surface area contributed by atoms with Crippen molar-refractivity contribution in [3.8, 4) is 0 Å². The van der Waals surface area contributed by atoms with Gasteiger partial charge in [0.25, 0.3) is 0 Å². The van der Waals surface area contributed by atoms with Crippen LogP contribution in [0.3, 0.4) is 0 Å². The minimum Gasteiger partial charge on any atom is -0.377 e. The van der Waals surface area contributed by atoms with Gasteiger partial charge in [-0.1, -0.05) is 41.4 Å². The Morgan fingerprint density at radius 3 is 2.40 bits per heavy atom. The van der Waals surface area contributed by atoms with Gasteiger partial charge in [-0.05, 0) is 61.1 Å². The van der Waals surface area contributed by atoms with Crippen molar-refractivity contribution in [1.82, 2.24) is 0 Å². The predicted molar refractivity (Wildman–Crippen MR) is 86.7 cm³/mol. The van der Waals surface area contributed by atoms with Crippen LogP contribution in [0.15, 0.2) is 42.5 Å². The van der Waals surface area contributed by atoms with Crippen LogP contribution in [-0.2, 0) is 0 Å². The number of rotatable bonds is 4. The summed E-state index contributed by atoms with van der Waals surface area (Å²) < 4.78 is 0. The third-order valence-corrected chi connectivity index (χ3v) is 4.34. The molecule has 0 aromatic heterocycles. The zero-order valence-corrected chi connectivity index (χ0v) is 12.9. The summed E-state index contributed by atoms with van der Waals surface area (Å²) >= 11 is 12.3. The van der Waals surface area contributed by atoms with Crippen LogP contribution >= 0.6 is 23.2 Å². The van der Waals surface area contributed by atoms with Gasteiger partial charge in [0, 0.05) is 5.02 Å². The highest BCUT2D eigenvalue weighted by atomic mass is 35.5. The Hall–Kier alpha value is -1.18. The molecule has 1 aliphatic rings. The molecule has 2 aromatic carbocycles. The van der Waals surface area contributed by atoms with E-state index in [1.54, 1.807) is 0 Å². The molecule has 0 heterocycles. The highest BCUT2D eigenvalue weighted by Gasteiger charge is 2.32. The molecule has 3 heteroatoms. The summed E-state index contributed by atoms with van der Waals surface area (Å²) in [5.74, 6) is 0.688. The molecule has 0 saturated heterocycles. The lowest BCUT2D eigenvalue weighted by Crippen LogP contribution is -2.13. The number of benzene rings is 2. The molecule has 1 nitrogen and oxygen atoms in total. The summed E-state index contributed by atoms with van der Waals surface area (Å²) in [4.78, 5) is 0. The van der Waals surface area contributed by atoms with Crippen LogP contribution in [-0.4, -0.2) is 0 Å². The molecule has 20 heavy (non-hydrogen) atoms. The summed E-state index contributed by atoms with van der Waals surface area (Å²) in [7, 11) is 0. The van der Waals surface area contributed by atoms with E-state index in [-0.39, 0.29) is 0 Å². The highest BCUT2D eigenvalue weighted by molar-refractivity contribution is 6.33. The summed E-state index contributed by atoms with van der Waals surface area (Å²) in [6, 6.07) is 14.5. The largest absolute Gasteiger partial charge is 0.377 e. The molecule has 0 spiro atoms. The summed E-state index contributed by atoms with van der Waals surface area (Å²) in [6.07, 6.45) is 2.54. The SMILES string of the molecule is Cc1ccc(Cl)c(NC(c2ccc(Cl)cc2)C2CC2)c1. The fourth-order valence-corrected chi connectivity index (χ4v) is 2.79. The van der Waals surface area contributed by atoms with Crippen molar-refractivity contribution in [2.75, 3.05) is 5.32 Å². The molecule has 2 aromatic rings. The van der Waals surface area contributed by atoms with Crippen LogP contribution < -0.4 is 5.32 Å². The van der Waals surface area contributed by atoms with Crippen molar-refractivity contribution in [3.05, 3.63) is 63.6 Å². The smallest absolute Gasteiger partial charge is 0.0637 e. The van der Waals surface area contributed by atoms with Gasteiger partial charge >= 0.3 is 0 Å². The van der Waals surface area contributed by atoms with Crippen LogP contribution in [0.1, 0.15) is 30.0 Å². The summed E-state index contributed by atoms with van der Waals surface area (Å²) in [6.45, 7) is 2.08. The Morgan fingerprint density at radius 2 is 1.75 bits per heavy atom. The Labute approximate surface area is 129 Å². The molecule has 1 saturated carbocycles. The van der Waals surface area contributed by atoms with Gasteiger partial charge in [0.1, 0.15) is 0 Å². The van der Waals surface area contributed by atoms with Crippen molar-refractivity contribution >= 4 is 28.9 Å². The molecule has 3 rings (SSSR count). The third-order valence-electron chi connectivity index (χ3n) is 3.76. The first-order chi connectivity index (χ1) is 9.63. The minimum absolute atomic E-state index is 0.312. The Bertz CT molecular complexity index is 603. The van der Waals surface area contributed by atoms with E-state index in [4.69, 9.17) is 23.2 Å². The highest BCUT2D eigenvalue weighted by Crippen LogP contribution is 2.43. The molecule has 0 amide bonds. The van der Waals surface area contributed by atoms with Gasteiger partial charge in [-0.3, -0.25) is 0 Å². The fourth-order valence-electron chi connectivity index (χ4n) is 2.49. The number of anilines is 1. The van der Waals surface area contributed by atoms with Crippen LogP contribution in [0.2, 0.25) is 10.0 Å². The lowest BCUT2D eigenvalue weighted by molar-refractivity contribution is 0.679. The van der Waals surface area contributed by atoms with E-state index in [0.29, 0.717) is 12.0 Å². The van der Waals surface area contributed by atoms with E-state index >= 15 is 0 Å². The first-order valence-corrected chi connectivity index (χ1v) is 7.67. The first kappa shape index (κ1) is 13.8. The van der Waals surface area contributed by atoms with E-state index in [1.807, 2.05) is 24.3 Å². The standard InChI is InChI=1S/C17H17Cl2N/c1-11-2-9-15(19)16(10-11)20-17(12-3-4-12)13-5-7-14(18)8-6-13/h2,5-10,12,17,20H,3-4H2,1H3. The zero-order chi connectivity index (χ0) is 14.1. The zero-order valence-electron chi connectivity index (χ0n) is 11.4. The monoisotopic (exact) mass is 305 g/mol. The maximum absolute atomic E-state index is 6.29. The molecule has 1 aliphatic carbocycles. The van der Waals surface area contributed by atoms with Crippen LogP contribution in [0.4, 0.5) is 5.69 Å². The average Bonchev–Trinajstić information content (AvgIpc) is 3.25. The first-order valence-electron chi connectivity index (χ1n) is 6.91. The Morgan fingerprint density at radius 1 is 1.05 bits per heavy atom. The molecular weight excluding hydrogens is 289 g/mol. The molecular formula is C17H17Cl2N. The van der Waals surface area contributed by atoms with Crippen molar-refractivity contribution in [3.63, 3.8) is 0 Å². The van der Waals surface area contributed by atoms with Crippen molar-refractivity contribution in [1.29, 1.82) is 0 Å². The fraction of sp³-hybridized carbons (Fsp3) is 0.294. The van der Waals surface area contributed by atoms with Crippen molar-refractivity contribution in [2.45, 2.75) is 25.8 Å². The summed E-state index contributed by atoms with van der Waals surface area (Å²) in [5.41, 5.74) is 3.50. The van der Waals surface area contributed by atoms with Gasteiger partial charge < -0.3 is 5.32 Å². The van der Waals surface area contributed by atoms with Gasteiger partial charge in [-0.2, -0.15) is 0 Å². The normalized spacial score (nSPS) is 15.9. The Kier molecular flexibility index (Phi) is 3.91. The second kappa shape index (κ2) is 5.67. The number of nitrogens with one attached hydrogen (secondary N) is 1. The second-order valence-corrected chi connectivity index (χ2v) is 6.34. The number of aryl methyl sites for hydroxylation is 1. The van der Waals surface area contributed by atoms with Gasteiger partial charge in [0.2, 0.25) is 0 Å². The molecule has 0 bridgehead atoms. The molecule has 1 atom stereocenters. The maximum Gasteiger partial charge on any atom is 0.0637 e. The van der Waals surface area contributed by atoms with E-state index < -0.39 is 0 Å². The molecule has 1 unspecified atom stereocenters.